The maximum absolute atomic E-state index is 12.9. The summed E-state index contributed by atoms with van der Waals surface area (Å²) in [6, 6.07) is 11.3. The highest BCUT2D eigenvalue weighted by Gasteiger charge is 2.11. The molecule has 1 aromatic carbocycles. The molecule has 7 heteroatoms. The van der Waals surface area contributed by atoms with Gasteiger partial charge in [-0.3, -0.25) is 4.79 Å². The van der Waals surface area contributed by atoms with Gasteiger partial charge in [0, 0.05) is 12.6 Å². The summed E-state index contributed by atoms with van der Waals surface area (Å²) in [6.45, 7) is 2.46. The van der Waals surface area contributed by atoms with Gasteiger partial charge in [-0.15, -0.1) is 0 Å². The zero-order chi connectivity index (χ0) is 17.6. The largest absolute Gasteiger partial charge is 0.467 e. The number of aryl methyl sites for hydroxylation is 1. The van der Waals surface area contributed by atoms with Crippen LogP contribution in [0, 0.1) is 12.7 Å². The summed E-state index contributed by atoms with van der Waals surface area (Å²) in [7, 11) is 0. The molecule has 0 unspecified atom stereocenters. The van der Waals surface area contributed by atoms with Gasteiger partial charge in [0.2, 0.25) is 0 Å². The molecule has 0 radical (unpaired) electrons. The maximum atomic E-state index is 12.9. The molecule has 1 amide bonds. The maximum Gasteiger partial charge on any atom is 0.270 e. The zero-order valence-electron chi connectivity index (χ0n) is 13.6. The van der Waals surface area contributed by atoms with E-state index in [0.29, 0.717) is 23.9 Å². The number of rotatable bonds is 6. The van der Waals surface area contributed by atoms with Crippen LogP contribution in [0.2, 0.25) is 0 Å². The molecule has 0 aliphatic rings. The van der Waals surface area contributed by atoms with E-state index in [1.807, 2.05) is 0 Å². The zero-order valence-corrected chi connectivity index (χ0v) is 13.6. The van der Waals surface area contributed by atoms with E-state index in [4.69, 9.17) is 4.42 Å². The number of nitrogens with zero attached hydrogens (tertiary/aromatic N) is 2. The Balaban J connectivity index is 1.64. The van der Waals surface area contributed by atoms with Crippen LogP contribution in [0.1, 0.15) is 27.6 Å². The smallest absolute Gasteiger partial charge is 0.270 e. The number of halogens is 1. The van der Waals surface area contributed by atoms with Crippen LogP contribution < -0.4 is 10.6 Å². The first-order valence-electron chi connectivity index (χ1n) is 7.75. The van der Waals surface area contributed by atoms with Gasteiger partial charge in [0.25, 0.3) is 5.91 Å². The number of aromatic nitrogens is 2. The Hall–Kier alpha value is -3.22. The first-order valence-corrected chi connectivity index (χ1v) is 7.75. The Labute approximate surface area is 144 Å². The lowest BCUT2D eigenvalue weighted by molar-refractivity contribution is 0.0942. The van der Waals surface area contributed by atoms with Gasteiger partial charge in [0.15, 0.2) is 0 Å². The molecule has 2 N–H and O–H groups in total. The number of benzene rings is 1. The van der Waals surface area contributed by atoms with Crippen molar-refractivity contribution < 1.29 is 13.6 Å². The van der Waals surface area contributed by atoms with Crippen LogP contribution in [-0.2, 0) is 13.1 Å². The SMILES string of the molecule is Cc1nc(NCc2ccc(F)cc2)cc(C(=O)NCc2ccco2)n1. The highest BCUT2D eigenvalue weighted by atomic mass is 19.1. The van der Waals surface area contributed by atoms with Crippen molar-refractivity contribution in [3.8, 4) is 0 Å². The second-order valence-electron chi connectivity index (χ2n) is 5.43. The minimum Gasteiger partial charge on any atom is -0.467 e. The first kappa shape index (κ1) is 16.6. The van der Waals surface area contributed by atoms with E-state index in [-0.39, 0.29) is 24.0 Å². The van der Waals surface area contributed by atoms with Gasteiger partial charge in [-0.1, -0.05) is 12.1 Å². The third kappa shape index (κ3) is 4.63. The van der Waals surface area contributed by atoms with Crippen LogP contribution in [0.3, 0.4) is 0 Å². The summed E-state index contributed by atoms with van der Waals surface area (Å²) in [5.41, 5.74) is 1.17. The summed E-state index contributed by atoms with van der Waals surface area (Å²) in [4.78, 5) is 20.7. The van der Waals surface area contributed by atoms with E-state index in [1.165, 1.54) is 12.1 Å². The number of nitrogens with one attached hydrogen (secondary N) is 2. The molecule has 0 saturated carbocycles. The van der Waals surface area contributed by atoms with Crippen molar-refractivity contribution in [3.63, 3.8) is 0 Å². The van der Waals surface area contributed by atoms with Gasteiger partial charge in [-0.05, 0) is 36.8 Å². The van der Waals surface area contributed by atoms with Crippen molar-refractivity contribution in [3.05, 3.63) is 77.4 Å². The van der Waals surface area contributed by atoms with Crippen molar-refractivity contribution in [1.29, 1.82) is 0 Å². The summed E-state index contributed by atoms with van der Waals surface area (Å²) in [6.07, 6.45) is 1.55. The summed E-state index contributed by atoms with van der Waals surface area (Å²) < 4.78 is 18.1. The first-order chi connectivity index (χ1) is 12.1. The Kier molecular flexibility index (Phi) is 5.03. The molecule has 0 spiro atoms. The summed E-state index contributed by atoms with van der Waals surface area (Å²) in [5, 5.41) is 5.86. The fraction of sp³-hybridized carbons (Fsp3) is 0.167. The van der Waals surface area contributed by atoms with Gasteiger partial charge >= 0.3 is 0 Å². The molecule has 2 aromatic heterocycles. The lowest BCUT2D eigenvalue weighted by atomic mass is 10.2. The molecule has 128 valence electrons. The molecule has 0 saturated heterocycles. The molecule has 0 aliphatic heterocycles. The van der Waals surface area contributed by atoms with Gasteiger partial charge in [0.05, 0.1) is 12.8 Å². The third-order valence-corrected chi connectivity index (χ3v) is 3.46. The number of hydrogen-bond donors (Lipinski definition) is 2. The highest BCUT2D eigenvalue weighted by Crippen LogP contribution is 2.10. The van der Waals surface area contributed by atoms with E-state index >= 15 is 0 Å². The molecule has 0 fully saturated rings. The van der Waals surface area contributed by atoms with Crippen molar-refractivity contribution in [2.75, 3.05) is 5.32 Å². The lowest BCUT2D eigenvalue weighted by Crippen LogP contribution is -2.24. The van der Waals surface area contributed by atoms with E-state index in [1.54, 1.807) is 43.5 Å². The minimum atomic E-state index is -0.313. The third-order valence-electron chi connectivity index (χ3n) is 3.46. The Bertz CT molecular complexity index is 848. The quantitative estimate of drug-likeness (QED) is 0.721. The molecule has 3 rings (SSSR count). The van der Waals surface area contributed by atoms with Crippen molar-refractivity contribution >= 4 is 11.7 Å². The van der Waals surface area contributed by atoms with E-state index in [9.17, 15) is 9.18 Å². The Morgan fingerprint density at radius 3 is 2.68 bits per heavy atom. The van der Waals surface area contributed by atoms with Gasteiger partial charge in [0.1, 0.15) is 28.9 Å². The predicted molar refractivity (Wildman–Crippen MR) is 90.4 cm³/mol. The minimum absolute atomic E-state index is 0.265. The summed E-state index contributed by atoms with van der Waals surface area (Å²) in [5.74, 6) is 1.07. The van der Waals surface area contributed by atoms with Crippen molar-refractivity contribution in [2.24, 2.45) is 0 Å². The number of hydrogen-bond acceptors (Lipinski definition) is 5. The molecule has 0 bridgehead atoms. The van der Waals surface area contributed by atoms with Crippen LogP contribution in [0.25, 0.3) is 0 Å². The monoisotopic (exact) mass is 340 g/mol. The molecule has 3 aromatic rings. The number of amides is 1. The number of carbonyl (C=O) groups is 1. The van der Waals surface area contributed by atoms with Crippen molar-refractivity contribution in [2.45, 2.75) is 20.0 Å². The van der Waals surface area contributed by atoms with Gasteiger partial charge in [-0.2, -0.15) is 0 Å². The van der Waals surface area contributed by atoms with Gasteiger partial charge in [-0.25, -0.2) is 14.4 Å². The normalized spacial score (nSPS) is 10.5. The van der Waals surface area contributed by atoms with Crippen LogP contribution in [0.4, 0.5) is 10.2 Å². The molecule has 0 atom stereocenters. The lowest BCUT2D eigenvalue weighted by Gasteiger charge is -2.09. The number of anilines is 1. The number of carbonyl (C=O) groups excluding carboxylic acids is 1. The van der Waals surface area contributed by atoms with Crippen molar-refractivity contribution in [1.82, 2.24) is 15.3 Å². The molecule has 25 heavy (non-hydrogen) atoms. The van der Waals surface area contributed by atoms with Crippen LogP contribution in [-0.4, -0.2) is 15.9 Å². The van der Waals surface area contributed by atoms with E-state index in [0.717, 1.165) is 5.56 Å². The average Bonchev–Trinajstić information content (AvgIpc) is 3.12. The Morgan fingerprint density at radius 2 is 1.96 bits per heavy atom. The molecule has 0 aliphatic carbocycles. The molecule has 6 nitrogen and oxygen atoms in total. The second kappa shape index (κ2) is 7.57. The van der Waals surface area contributed by atoms with E-state index in [2.05, 4.69) is 20.6 Å². The summed E-state index contributed by atoms with van der Waals surface area (Å²) >= 11 is 0. The average molecular weight is 340 g/mol. The fourth-order valence-electron chi connectivity index (χ4n) is 2.24. The van der Waals surface area contributed by atoms with Crippen LogP contribution in [0.5, 0.6) is 0 Å². The predicted octanol–water partition coefficient (Wildman–Crippen LogP) is 3.06. The van der Waals surface area contributed by atoms with Gasteiger partial charge < -0.3 is 15.1 Å². The molecular formula is C18H17FN4O2. The van der Waals surface area contributed by atoms with E-state index < -0.39 is 0 Å². The van der Waals surface area contributed by atoms with Crippen LogP contribution >= 0.6 is 0 Å². The standard InChI is InChI=1S/C18H17FN4O2/c1-12-22-16(18(24)21-11-15-3-2-8-25-15)9-17(23-12)20-10-13-4-6-14(19)7-5-13/h2-9H,10-11H2,1H3,(H,21,24)(H,20,22,23). The topological polar surface area (TPSA) is 80.0 Å². The van der Waals surface area contributed by atoms with Crippen LogP contribution in [0.15, 0.2) is 53.1 Å². The Morgan fingerprint density at radius 1 is 1.16 bits per heavy atom. The fourth-order valence-corrected chi connectivity index (χ4v) is 2.24. The second-order valence-corrected chi connectivity index (χ2v) is 5.43. The molecule has 2 heterocycles. The molecular weight excluding hydrogens is 323 g/mol. The highest BCUT2D eigenvalue weighted by molar-refractivity contribution is 5.92. The number of furan rings is 1.